The average molecular weight is 237 g/mol. The molecule has 0 aliphatic rings. The molecule has 1 rings (SSSR count). The molecule has 0 saturated heterocycles. The van der Waals surface area contributed by atoms with Crippen LogP contribution in [0.15, 0.2) is 30.9 Å². The summed E-state index contributed by atoms with van der Waals surface area (Å²) in [6.45, 7) is 7.80. The Kier molecular flexibility index (Phi) is 5.16. The highest BCUT2D eigenvalue weighted by Crippen LogP contribution is 2.22. The van der Waals surface area contributed by atoms with Crippen LogP contribution in [0.1, 0.15) is 31.9 Å². The summed E-state index contributed by atoms with van der Waals surface area (Å²) in [5, 5.41) is 3.38. The van der Waals surface area contributed by atoms with Crippen LogP contribution < -0.4 is 10.1 Å². The summed E-state index contributed by atoms with van der Waals surface area (Å²) in [6, 6.07) is 5.47. The smallest absolute Gasteiger partial charge is 0.165 e. The molecule has 2 unspecified atom stereocenters. The highest BCUT2D eigenvalue weighted by molar-refractivity contribution is 5.30. The van der Waals surface area contributed by atoms with Gasteiger partial charge in [0.25, 0.3) is 0 Å². The van der Waals surface area contributed by atoms with Crippen molar-refractivity contribution in [1.29, 1.82) is 0 Å². The molecule has 0 heterocycles. The number of nitrogens with one attached hydrogen (secondary N) is 1. The SMILES string of the molecule is C=CCC(C)NC(C)c1ccc(OC)c(F)c1. The number of rotatable bonds is 6. The lowest BCUT2D eigenvalue weighted by molar-refractivity contribution is 0.385. The van der Waals surface area contributed by atoms with Gasteiger partial charge in [-0.25, -0.2) is 4.39 Å². The van der Waals surface area contributed by atoms with Crippen molar-refractivity contribution in [1.82, 2.24) is 5.32 Å². The van der Waals surface area contributed by atoms with Crippen molar-refractivity contribution in [3.8, 4) is 5.75 Å². The number of halogens is 1. The van der Waals surface area contributed by atoms with E-state index in [1.54, 1.807) is 6.07 Å². The van der Waals surface area contributed by atoms with Crippen LogP contribution >= 0.6 is 0 Å². The van der Waals surface area contributed by atoms with Gasteiger partial charge in [-0.3, -0.25) is 0 Å². The molecule has 0 radical (unpaired) electrons. The number of hydrogen-bond donors (Lipinski definition) is 1. The minimum Gasteiger partial charge on any atom is -0.494 e. The van der Waals surface area contributed by atoms with E-state index < -0.39 is 0 Å². The molecule has 0 aromatic heterocycles. The van der Waals surface area contributed by atoms with E-state index in [0.717, 1.165) is 12.0 Å². The molecular weight excluding hydrogens is 217 g/mol. The van der Waals surface area contributed by atoms with E-state index in [1.165, 1.54) is 13.2 Å². The van der Waals surface area contributed by atoms with E-state index in [-0.39, 0.29) is 17.6 Å². The topological polar surface area (TPSA) is 21.3 Å². The molecule has 0 aliphatic carbocycles. The summed E-state index contributed by atoms with van der Waals surface area (Å²) in [5.74, 6) is -0.0462. The second-order valence-corrected chi connectivity index (χ2v) is 4.21. The molecule has 0 saturated carbocycles. The van der Waals surface area contributed by atoms with Crippen molar-refractivity contribution in [2.75, 3.05) is 7.11 Å². The van der Waals surface area contributed by atoms with Gasteiger partial charge in [0.15, 0.2) is 11.6 Å². The number of ether oxygens (including phenoxy) is 1. The van der Waals surface area contributed by atoms with Crippen LogP contribution in [0.4, 0.5) is 4.39 Å². The summed E-state index contributed by atoms with van der Waals surface area (Å²) in [7, 11) is 1.46. The van der Waals surface area contributed by atoms with Crippen molar-refractivity contribution in [3.05, 3.63) is 42.2 Å². The number of methoxy groups -OCH3 is 1. The molecule has 94 valence electrons. The maximum Gasteiger partial charge on any atom is 0.165 e. The number of hydrogen-bond acceptors (Lipinski definition) is 2. The monoisotopic (exact) mass is 237 g/mol. The second kappa shape index (κ2) is 6.40. The van der Waals surface area contributed by atoms with Gasteiger partial charge in [-0.2, -0.15) is 0 Å². The van der Waals surface area contributed by atoms with Crippen molar-refractivity contribution < 1.29 is 9.13 Å². The molecule has 2 nitrogen and oxygen atoms in total. The minimum atomic E-state index is -0.324. The van der Waals surface area contributed by atoms with Gasteiger partial charge in [0.2, 0.25) is 0 Å². The Morgan fingerprint density at radius 3 is 2.71 bits per heavy atom. The molecule has 0 spiro atoms. The lowest BCUT2D eigenvalue weighted by Gasteiger charge is -2.19. The zero-order valence-electron chi connectivity index (χ0n) is 10.7. The summed E-state index contributed by atoms with van der Waals surface area (Å²) >= 11 is 0. The first-order valence-corrected chi connectivity index (χ1v) is 5.78. The van der Waals surface area contributed by atoms with Gasteiger partial charge in [-0.15, -0.1) is 6.58 Å². The van der Waals surface area contributed by atoms with Gasteiger partial charge in [0.05, 0.1) is 7.11 Å². The Bertz CT molecular complexity index is 378. The summed E-state index contributed by atoms with van der Waals surface area (Å²) in [4.78, 5) is 0. The summed E-state index contributed by atoms with van der Waals surface area (Å²) in [6.07, 6.45) is 2.77. The molecule has 1 N–H and O–H groups in total. The molecule has 1 aromatic rings. The maximum absolute atomic E-state index is 13.5. The zero-order valence-corrected chi connectivity index (χ0v) is 10.7. The summed E-state index contributed by atoms with van der Waals surface area (Å²) in [5.41, 5.74) is 0.916. The lowest BCUT2D eigenvalue weighted by Crippen LogP contribution is -2.28. The van der Waals surface area contributed by atoms with Crippen LogP contribution in [0.25, 0.3) is 0 Å². The van der Waals surface area contributed by atoms with Crippen molar-refractivity contribution in [2.45, 2.75) is 32.4 Å². The van der Waals surface area contributed by atoms with E-state index in [2.05, 4.69) is 18.8 Å². The van der Waals surface area contributed by atoms with Crippen LogP contribution in [0, 0.1) is 5.82 Å². The van der Waals surface area contributed by atoms with Gasteiger partial charge < -0.3 is 10.1 Å². The minimum absolute atomic E-state index is 0.102. The van der Waals surface area contributed by atoms with E-state index in [4.69, 9.17) is 4.74 Å². The molecule has 0 aliphatic heterocycles. The average Bonchev–Trinajstić information content (AvgIpc) is 2.29. The Labute approximate surface area is 102 Å². The van der Waals surface area contributed by atoms with Gasteiger partial charge in [0, 0.05) is 12.1 Å². The van der Waals surface area contributed by atoms with Crippen LogP contribution in [-0.4, -0.2) is 13.2 Å². The number of benzene rings is 1. The fourth-order valence-electron chi connectivity index (χ4n) is 1.79. The predicted octanol–water partition coefficient (Wildman–Crippen LogP) is 3.45. The van der Waals surface area contributed by atoms with Crippen molar-refractivity contribution in [2.24, 2.45) is 0 Å². The van der Waals surface area contributed by atoms with Crippen LogP contribution in [0.3, 0.4) is 0 Å². The normalized spacial score (nSPS) is 14.1. The zero-order chi connectivity index (χ0) is 12.8. The molecule has 0 amide bonds. The third kappa shape index (κ3) is 3.86. The molecule has 1 aromatic carbocycles. The Hall–Kier alpha value is -1.35. The van der Waals surface area contributed by atoms with E-state index >= 15 is 0 Å². The first-order valence-electron chi connectivity index (χ1n) is 5.78. The first kappa shape index (κ1) is 13.7. The van der Waals surface area contributed by atoms with Gasteiger partial charge in [-0.1, -0.05) is 12.1 Å². The standard InChI is InChI=1S/C14H20FNO/c1-5-6-10(2)16-11(3)12-7-8-14(17-4)13(15)9-12/h5,7-11,16H,1,6H2,2-4H3. The van der Waals surface area contributed by atoms with Gasteiger partial charge >= 0.3 is 0 Å². The molecule has 0 fully saturated rings. The predicted molar refractivity (Wildman–Crippen MR) is 68.8 cm³/mol. The van der Waals surface area contributed by atoms with Crippen molar-refractivity contribution >= 4 is 0 Å². The van der Waals surface area contributed by atoms with Gasteiger partial charge in [0.1, 0.15) is 0 Å². The maximum atomic E-state index is 13.5. The van der Waals surface area contributed by atoms with E-state index in [0.29, 0.717) is 6.04 Å². The third-order valence-electron chi connectivity index (χ3n) is 2.73. The fraction of sp³-hybridized carbons (Fsp3) is 0.429. The third-order valence-corrected chi connectivity index (χ3v) is 2.73. The largest absolute Gasteiger partial charge is 0.494 e. The Balaban J connectivity index is 2.72. The Morgan fingerprint density at radius 2 is 2.18 bits per heavy atom. The first-order chi connectivity index (χ1) is 8.08. The molecular formula is C14H20FNO. The summed E-state index contributed by atoms with van der Waals surface area (Å²) < 4.78 is 18.4. The highest BCUT2D eigenvalue weighted by Gasteiger charge is 2.11. The molecule has 17 heavy (non-hydrogen) atoms. The van der Waals surface area contributed by atoms with E-state index in [1.807, 2.05) is 19.1 Å². The Morgan fingerprint density at radius 1 is 1.47 bits per heavy atom. The fourth-order valence-corrected chi connectivity index (χ4v) is 1.79. The molecule has 0 bridgehead atoms. The van der Waals surface area contributed by atoms with Gasteiger partial charge in [-0.05, 0) is 38.0 Å². The quantitative estimate of drug-likeness (QED) is 0.765. The highest BCUT2D eigenvalue weighted by atomic mass is 19.1. The lowest BCUT2D eigenvalue weighted by atomic mass is 10.1. The van der Waals surface area contributed by atoms with Crippen LogP contribution in [0.2, 0.25) is 0 Å². The van der Waals surface area contributed by atoms with Crippen molar-refractivity contribution in [3.63, 3.8) is 0 Å². The molecule has 3 heteroatoms. The molecule has 2 atom stereocenters. The van der Waals surface area contributed by atoms with Crippen LogP contribution in [-0.2, 0) is 0 Å². The van der Waals surface area contributed by atoms with Crippen LogP contribution in [0.5, 0.6) is 5.75 Å². The second-order valence-electron chi connectivity index (χ2n) is 4.21. The van der Waals surface area contributed by atoms with E-state index in [9.17, 15) is 4.39 Å².